The number of nitrogens with zero attached hydrogens (tertiary/aromatic N) is 3. The average molecular weight is 294 g/mol. The maximum Gasteiger partial charge on any atom is 0.225 e. The normalized spacial score (nSPS) is 21.8. The predicted molar refractivity (Wildman–Crippen MR) is 84.8 cm³/mol. The third kappa shape index (κ3) is 2.78. The van der Waals surface area contributed by atoms with Gasteiger partial charge in [0, 0.05) is 19.1 Å². The van der Waals surface area contributed by atoms with Crippen molar-refractivity contribution in [2.75, 3.05) is 18.0 Å². The summed E-state index contributed by atoms with van der Waals surface area (Å²) in [6.45, 7) is 4.56. The smallest absolute Gasteiger partial charge is 0.225 e. The fourth-order valence-electron chi connectivity index (χ4n) is 3.84. The molecule has 2 aliphatic rings. The Labute approximate surface area is 126 Å². The Bertz CT molecular complexity index is 478. The Morgan fingerprint density at radius 3 is 2.55 bits per heavy atom. The summed E-state index contributed by atoms with van der Waals surface area (Å²) in [6.07, 6.45) is 10.5. The molecule has 1 aliphatic carbocycles. The van der Waals surface area contributed by atoms with Crippen molar-refractivity contribution in [2.45, 2.75) is 64.3 Å². The Kier molecular flexibility index (Phi) is 4.44. The zero-order valence-corrected chi connectivity index (χ0v) is 13.3. The number of H-pyrrole nitrogens is 1. The van der Waals surface area contributed by atoms with E-state index in [4.69, 9.17) is 12.2 Å². The van der Waals surface area contributed by atoms with E-state index in [0.29, 0.717) is 6.04 Å². The van der Waals surface area contributed by atoms with E-state index in [1.54, 1.807) is 0 Å². The largest absolute Gasteiger partial charge is 0.341 e. The van der Waals surface area contributed by atoms with Crippen LogP contribution in [0.5, 0.6) is 0 Å². The van der Waals surface area contributed by atoms with Crippen LogP contribution in [0.3, 0.4) is 0 Å². The zero-order chi connectivity index (χ0) is 13.9. The molecule has 1 aliphatic heterocycles. The summed E-state index contributed by atoms with van der Waals surface area (Å²) < 4.78 is 3.10. The minimum absolute atomic E-state index is 0.574. The molecule has 3 rings (SSSR count). The third-order valence-corrected chi connectivity index (χ3v) is 5.26. The molecule has 0 aromatic carbocycles. The van der Waals surface area contributed by atoms with Gasteiger partial charge in [0.1, 0.15) is 0 Å². The third-order valence-electron chi connectivity index (χ3n) is 4.97. The molecule has 0 unspecified atom stereocenters. The first-order valence-corrected chi connectivity index (χ1v) is 8.62. The molecule has 5 heteroatoms. The summed E-state index contributed by atoms with van der Waals surface area (Å²) in [5, 5.41) is 7.55. The van der Waals surface area contributed by atoms with Crippen LogP contribution in [0.15, 0.2) is 0 Å². The van der Waals surface area contributed by atoms with Crippen molar-refractivity contribution >= 4 is 18.2 Å². The number of aromatic amines is 1. The van der Waals surface area contributed by atoms with Crippen LogP contribution in [0.1, 0.15) is 64.3 Å². The van der Waals surface area contributed by atoms with E-state index in [9.17, 15) is 0 Å². The van der Waals surface area contributed by atoms with Gasteiger partial charge in [-0.25, -0.2) is 5.10 Å². The van der Waals surface area contributed by atoms with Crippen molar-refractivity contribution in [3.63, 3.8) is 0 Å². The molecule has 0 radical (unpaired) electrons. The van der Waals surface area contributed by atoms with Crippen LogP contribution < -0.4 is 4.90 Å². The summed E-state index contributed by atoms with van der Waals surface area (Å²) in [5.74, 6) is 2.01. The predicted octanol–water partition coefficient (Wildman–Crippen LogP) is 4.07. The van der Waals surface area contributed by atoms with Gasteiger partial charge in [0.25, 0.3) is 0 Å². The molecule has 2 heterocycles. The maximum atomic E-state index is 5.46. The van der Waals surface area contributed by atoms with Crippen LogP contribution in [0.25, 0.3) is 0 Å². The van der Waals surface area contributed by atoms with E-state index < -0.39 is 0 Å². The Morgan fingerprint density at radius 1 is 1.20 bits per heavy atom. The van der Waals surface area contributed by atoms with Crippen molar-refractivity contribution < 1.29 is 0 Å². The number of anilines is 1. The van der Waals surface area contributed by atoms with Crippen LogP contribution in [-0.4, -0.2) is 27.9 Å². The summed E-state index contributed by atoms with van der Waals surface area (Å²) in [7, 11) is 0. The second-order valence-corrected chi connectivity index (χ2v) is 6.74. The lowest BCUT2D eigenvalue weighted by Gasteiger charge is -2.33. The summed E-state index contributed by atoms with van der Waals surface area (Å²) in [6, 6.07) is 0.574. The molecule has 4 nitrogen and oxygen atoms in total. The van der Waals surface area contributed by atoms with Gasteiger partial charge < -0.3 is 4.90 Å². The highest BCUT2D eigenvalue weighted by Gasteiger charge is 2.26. The molecule has 1 saturated carbocycles. The molecule has 1 saturated heterocycles. The number of hydrogen-bond acceptors (Lipinski definition) is 3. The van der Waals surface area contributed by atoms with Crippen LogP contribution in [0.4, 0.5) is 5.95 Å². The van der Waals surface area contributed by atoms with Gasteiger partial charge >= 0.3 is 0 Å². The van der Waals surface area contributed by atoms with Crippen molar-refractivity contribution in [1.29, 1.82) is 0 Å². The van der Waals surface area contributed by atoms with Gasteiger partial charge in [-0.1, -0.05) is 32.6 Å². The molecule has 0 spiro atoms. The van der Waals surface area contributed by atoms with Crippen LogP contribution in [0.2, 0.25) is 0 Å². The standard InChI is InChI=1S/C15H26N4S/c1-2-5-12-8-10-18(11-9-12)14-16-17-15(20)19(14)13-6-3-4-7-13/h12-13H,2-11H2,1H3,(H,17,20). The quantitative estimate of drug-likeness (QED) is 0.850. The van der Waals surface area contributed by atoms with Crippen molar-refractivity contribution in [1.82, 2.24) is 14.8 Å². The maximum absolute atomic E-state index is 5.46. The van der Waals surface area contributed by atoms with Gasteiger partial charge in [0.2, 0.25) is 5.95 Å². The fourth-order valence-corrected chi connectivity index (χ4v) is 4.12. The van der Waals surface area contributed by atoms with Crippen LogP contribution in [-0.2, 0) is 0 Å². The van der Waals surface area contributed by atoms with Gasteiger partial charge in [-0.2, -0.15) is 0 Å². The number of hydrogen-bond donors (Lipinski definition) is 1. The number of nitrogens with one attached hydrogen (secondary N) is 1. The van der Waals surface area contributed by atoms with E-state index in [2.05, 4.69) is 26.6 Å². The highest BCUT2D eigenvalue weighted by Crippen LogP contribution is 2.34. The Hall–Kier alpha value is -0.840. The van der Waals surface area contributed by atoms with Gasteiger partial charge in [-0.15, -0.1) is 5.10 Å². The minimum Gasteiger partial charge on any atom is -0.341 e. The molecular formula is C15H26N4S. The van der Waals surface area contributed by atoms with Crippen molar-refractivity contribution in [2.24, 2.45) is 5.92 Å². The van der Waals surface area contributed by atoms with E-state index in [-0.39, 0.29) is 0 Å². The Morgan fingerprint density at radius 2 is 1.90 bits per heavy atom. The number of aromatic nitrogens is 3. The molecule has 2 fully saturated rings. The van der Waals surface area contributed by atoms with Crippen LogP contribution in [0, 0.1) is 10.7 Å². The average Bonchev–Trinajstić information content (AvgIpc) is 3.09. The lowest BCUT2D eigenvalue weighted by molar-refractivity contribution is 0.371. The first-order chi connectivity index (χ1) is 9.79. The first-order valence-electron chi connectivity index (χ1n) is 8.21. The second kappa shape index (κ2) is 6.29. The van der Waals surface area contributed by atoms with E-state index in [0.717, 1.165) is 29.7 Å². The summed E-state index contributed by atoms with van der Waals surface area (Å²) in [5.41, 5.74) is 0. The van der Waals surface area contributed by atoms with E-state index >= 15 is 0 Å². The molecule has 112 valence electrons. The SMILES string of the molecule is CCCC1CCN(c2n[nH]c(=S)n2C2CCCC2)CC1. The highest BCUT2D eigenvalue weighted by atomic mass is 32.1. The van der Waals surface area contributed by atoms with Gasteiger partial charge in [-0.3, -0.25) is 4.57 Å². The molecule has 1 aromatic rings. The van der Waals surface area contributed by atoms with Gasteiger partial charge in [0.05, 0.1) is 0 Å². The summed E-state index contributed by atoms with van der Waals surface area (Å²) in [4.78, 5) is 2.44. The number of piperidine rings is 1. The van der Waals surface area contributed by atoms with E-state index in [1.807, 2.05) is 0 Å². The lowest BCUT2D eigenvalue weighted by Crippen LogP contribution is -2.36. The molecule has 0 atom stereocenters. The minimum atomic E-state index is 0.574. The molecule has 0 amide bonds. The molecule has 1 aromatic heterocycles. The second-order valence-electron chi connectivity index (χ2n) is 6.36. The molecule has 0 bridgehead atoms. The van der Waals surface area contributed by atoms with E-state index in [1.165, 1.54) is 51.4 Å². The molecule has 1 N–H and O–H groups in total. The Balaban J connectivity index is 1.73. The van der Waals surface area contributed by atoms with Crippen LogP contribution >= 0.6 is 12.2 Å². The lowest BCUT2D eigenvalue weighted by atomic mass is 9.93. The topological polar surface area (TPSA) is 36.9 Å². The first kappa shape index (κ1) is 14.1. The van der Waals surface area contributed by atoms with Crippen molar-refractivity contribution in [3.05, 3.63) is 4.77 Å². The van der Waals surface area contributed by atoms with Gasteiger partial charge in [-0.05, 0) is 43.8 Å². The van der Waals surface area contributed by atoms with Crippen molar-refractivity contribution in [3.8, 4) is 0 Å². The number of rotatable bonds is 4. The molecule has 20 heavy (non-hydrogen) atoms. The summed E-state index contributed by atoms with van der Waals surface area (Å²) >= 11 is 5.46. The fraction of sp³-hybridized carbons (Fsp3) is 0.867. The van der Waals surface area contributed by atoms with Gasteiger partial charge in [0.15, 0.2) is 4.77 Å². The zero-order valence-electron chi connectivity index (χ0n) is 12.5. The molecular weight excluding hydrogens is 268 g/mol. The monoisotopic (exact) mass is 294 g/mol. The highest BCUT2D eigenvalue weighted by molar-refractivity contribution is 7.71.